The zero-order valence-electron chi connectivity index (χ0n) is 13.4. The zero-order chi connectivity index (χ0) is 16.2. The van der Waals surface area contributed by atoms with Gasteiger partial charge in [0.1, 0.15) is 0 Å². The van der Waals surface area contributed by atoms with Gasteiger partial charge in [0.2, 0.25) is 0 Å². The van der Waals surface area contributed by atoms with Crippen molar-refractivity contribution in [2.24, 2.45) is 0 Å². The molecule has 1 saturated heterocycles. The van der Waals surface area contributed by atoms with Gasteiger partial charge in [0.25, 0.3) is 5.56 Å². The van der Waals surface area contributed by atoms with Crippen molar-refractivity contribution in [2.45, 2.75) is 47.9 Å². The van der Waals surface area contributed by atoms with Gasteiger partial charge in [0.05, 0.1) is 37.0 Å². The van der Waals surface area contributed by atoms with E-state index in [4.69, 9.17) is 19.2 Å². The first-order chi connectivity index (χ1) is 11.2. The van der Waals surface area contributed by atoms with Crippen molar-refractivity contribution < 1.29 is 14.2 Å². The van der Waals surface area contributed by atoms with Crippen molar-refractivity contribution in [2.75, 3.05) is 32.7 Å². The van der Waals surface area contributed by atoms with Crippen LogP contribution in [0.5, 0.6) is 0 Å². The van der Waals surface area contributed by atoms with E-state index in [1.54, 1.807) is 35.2 Å². The standard InChI is InChI=1S/C15H22N2O4S2/c1-10-9-11-13(23-10)14(18)17(4-5-19-2)15(16-11)22-8-3-12-20-6-7-21-12/h10,12H,3-9H2,1-2H3. The Balaban J connectivity index is 1.75. The lowest BCUT2D eigenvalue weighted by molar-refractivity contribution is -0.0421. The fourth-order valence-electron chi connectivity index (χ4n) is 2.64. The third-order valence-electron chi connectivity index (χ3n) is 3.76. The fraction of sp³-hybridized carbons (Fsp3) is 0.733. The highest BCUT2D eigenvalue weighted by Crippen LogP contribution is 2.34. The molecule has 0 spiro atoms. The molecule has 3 rings (SSSR count). The third kappa shape index (κ3) is 4.11. The molecule has 1 aromatic heterocycles. The molecule has 1 fully saturated rings. The summed E-state index contributed by atoms with van der Waals surface area (Å²) in [5.74, 6) is 0.811. The Morgan fingerprint density at radius 1 is 1.43 bits per heavy atom. The van der Waals surface area contributed by atoms with Gasteiger partial charge in [-0.05, 0) is 0 Å². The smallest absolute Gasteiger partial charge is 0.268 e. The second-order valence-electron chi connectivity index (χ2n) is 5.56. The molecule has 1 unspecified atom stereocenters. The van der Waals surface area contributed by atoms with Crippen molar-refractivity contribution >= 4 is 23.5 Å². The molecule has 2 aliphatic heterocycles. The quantitative estimate of drug-likeness (QED) is 0.544. The van der Waals surface area contributed by atoms with Gasteiger partial charge in [-0.3, -0.25) is 9.36 Å². The number of fused-ring (bicyclic) bond motifs is 1. The molecule has 0 bridgehead atoms. The first kappa shape index (κ1) is 17.3. The maximum absolute atomic E-state index is 12.7. The van der Waals surface area contributed by atoms with Gasteiger partial charge in [-0.15, -0.1) is 11.8 Å². The summed E-state index contributed by atoms with van der Waals surface area (Å²) in [5.41, 5.74) is 1.01. The minimum absolute atomic E-state index is 0.0669. The molecule has 0 N–H and O–H groups in total. The van der Waals surface area contributed by atoms with Gasteiger partial charge in [0.15, 0.2) is 11.4 Å². The first-order valence-corrected chi connectivity index (χ1v) is 9.71. The summed E-state index contributed by atoms with van der Waals surface area (Å²) in [6, 6.07) is 0. The maximum Gasteiger partial charge on any atom is 0.268 e. The Bertz CT molecular complexity index is 602. The summed E-state index contributed by atoms with van der Waals surface area (Å²) >= 11 is 3.23. The van der Waals surface area contributed by atoms with E-state index in [0.717, 1.165) is 34.3 Å². The van der Waals surface area contributed by atoms with Gasteiger partial charge in [-0.2, -0.15) is 0 Å². The summed E-state index contributed by atoms with van der Waals surface area (Å²) in [7, 11) is 1.64. The van der Waals surface area contributed by atoms with Gasteiger partial charge in [-0.25, -0.2) is 4.98 Å². The van der Waals surface area contributed by atoms with Crippen LogP contribution < -0.4 is 5.56 Å². The minimum Gasteiger partial charge on any atom is -0.383 e. The topological polar surface area (TPSA) is 62.6 Å². The Morgan fingerprint density at radius 3 is 2.96 bits per heavy atom. The largest absolute Gasteiger partial charge is 0.383 e. The van der Waals surface area contributed by atoms with Crippen molar-refractivity contribution in [3.8, 4) is 0 Å². The number of ether oxygens (including phenoxy) is 3. The normalized spacial score (nSPS) is 21.0. The summed E-state index contributed by atoms with van der Waals surface area (Å²) in [5, 5.41) is 1.19. The summed E-state index contributed by atoms with van der Waals surface area (Å²) < 4.78 is 17.8. The second kappa shape index (κ2) is 8.02. The average molecular weight is 358 g/mol. The Kier molecular flexibility index (Phi) is 6.03. The zero-order valence-corrected chi connectivity index (χ0v) is 15.1. The first-order valence-electron chi connectivity index (χ1n) is 7.84. The number of hydrogen-bond acceptors (Lipinski definition) is 7. The van der Waals surface area contributed by atoms with Crippen LogP contribution in [-0.2, 0) is 27.2 Å². The molecule has 6 nitrogen and oxygen atoms in total. The number of thioether (sulfide) groups is 2. The average Bonchev–Trinajstić information content (AvgIpc) is 3.16. The molecule has 128 valence electrons. The highest BCUT2D eigenvalue weighted by molar-refractivity contribution is 8.00. The van der Waals surface area contributed by atoms with Gasteiger partial charge in [-0.1, -0.05) is 18.7 Å². The predicted octanol–water partition coefficient (Wildman–Crippen LogP) is 1.78. The van der Waals surface area contributed by atoms with Crippen molar-refractivity contribution in [1.29, 1.82) is 0 Å². The summed E-state index contributed by atoms with van der Waals surface area (Å²) in [6.45, 7) is 4.50. The third-order valence-corrected chi connectivity index (χ3v) is 5.98. The summed E-state index contributed by atoms with van der Waals surface area (Å²) in [4.78, 5) is 18.3. The lowest BCUT2D eigenvalue weighted by Gasteiger charge is -2.14. The molecule has 23 heavy (non-hydrogen) atoms. The summed E-state index contributed by atoms with van der Waals surface area (Å²) in [6.07, 6.45) is 1.54. The minimum atomic E-state index is -0.119. The Morgan fingerprint density at radius 2 is 2.22 bits per heavy atom. The molecule has 1 atom stereocenters. The van der Waals surface area contributed by atoms with Crippen LogP contribution in [0.3, 0.4) is 0 Å². The van der Waals surface area contributed by atoms with Crippen LogP contribution in [0.2, 0.25) is 0 Å². The molecular weight excluding hydrogens is 336 g/mol. The lowest BCUT2D eigenvalue weighted by Crippen LogP contribution is -2.27. The maximum atomic E-state index is 12.7. The number of aromatic nitrogens is 2. The number of nitrogens with zero attached hydrogens (tertiary/aromatic N) is 2. The van der Waals surface area contributed by atoms with E-state index >= 15 is 0 Å². The molecule has 3 heterocycles. The fourth-order valence-corrected chi connectivity index (χ4v) is 4.76. The number of methoxy groups -OCH3 is 1. The molecule has 1 aromatic rings. The van der Waals surface area contributed by atoms with Gasteiger partial charge < -0.3 is 14.2 Å². The van der Waals surface area contributed by atoms with Crippen LogP contribution in [0.4, 0.5) is 0 Å². The molecule has 0 aliphatic carbocycles. The molecule has 0 amide bonds. The van der Waals surface area contributed by atoms with Crippen LogP contribution in [0.15, 0.2) is 14.8 Å². The molecule has 0 saturated carbocycles. The Hall–Kier alpha value is -0.540. The monoisotopic (exact) mass is 358 g/mol. The Labute approximate surface area is 144 Å². The highest BCUT2D eigenvalue weighted by Gasteiger charge is 2.26. The van der Waals surface area contributed by atoms with Crippen molar-refractivity contribution in [1.82, 2.24) is 9.55 Å². The molecule has 8 heteroatoms. The van der Waals surface area contributed by atoms with E-state index in [0.29, 0.717) is 31.6 Å². The van der Waals surface area contributed by atoms with Crippen LogP contribution >= 0.6 is 23.5 Å². The molecular formula is C15H22N2O4S2. The molecule has 0 radical (unpaired) electrons. The van der Waals surface area contributed by atoms with Crippen molar-refractivity contribution in [3.63, 3.8) is 0 Å². The second-order valence-corrected chi connectivity index (χ2v) is 8.07. The predicted molar refractivity (Wildman–Crippen MR) is 90.4 cm³/mol. The van der Waals surface area contributed by atoms with E-state index in [1.165, 1.54) is 0 Å². The van der Waals surface area contributed by atoms with Crippen molar-refractivity contribution in [3.05, 3.63) is 16.0 Å². The van der Waals surface area contributed by atoms with Gasteiger partial charge >= 0.3 is 0 Å². The molecule has 2 aliphatic rings. The van der Waals surface area contributed by atoms with Gasteiger partial charge in [0, 0.05) is 31.0 Å². The molecule has 0 aromatic carbocycles. The van der Waals surface area contributed by atoms with Crippen LogP contribution in [0.25, 0.3) is 0 Å². The number of hydrogen-bond donors (Lipinski definition) is 0. The van der Waals surface area contributed by atoms with Crippen LogP contribution in [0.1, 0.15) is 19.0 Å². The highest BCUT2D eigenvalue weighted by atomic mass is 32.2. The van der Waals surface area contributed by atoms with E-state index < -0.39 is 0 Å². The van der Waals surface area contributed by atoms with E-state index in [2.05, 4.69) is 6.92 Å². The van der Waals surface area contributed by atoms with E-state index in [-0.39, 0.29) is 11.8 Å². The SMILES string of the molecule is COCCn1c(SCCC2OCCO2)nc2c(c1=O)SC(C)C2. The van der Waals surface area contributed by atoms with E-state index in [9.17, 15) is 4.79 Å². The lowest BCUT2D eigenvalue weighted by atomic mass is 10.2. The number of rotatable bonds is 7. The van der Waals surface area contributed by atoms with Crippen LogP contribution in [-0.4, -0.2) is 53.8 Å². The van der Waals surface area contributed by atoms with E-state index in [1.807, 2.05) is 0 Å². The van der Waals surface area contributed by atoms with Crippen LogP contribution in [0, 0.1) is 0 Å².